The van der Waals surface area contributed by atoms with Crippen molar-refractivity contribution < 1.29 is 4.52 Å². The standard InChI is InChI=1S/C21H18BrCl2NO/c1-14-18(21(26-25-14)16-8-10-17(22)11-9-16)6-4-2-3-5-15-7-12-19(23)20(24)13-15/h3,5,7-13H,2,4,6H2,1H3/b5-3+. The van der Waals surface area contributed by atoms with E-state index in [2.05, 4.69) is 33.2 Å². The van der Waals surface area contributed by atoms with Crippen LogP contribution < -0.4 is 0 Å². The molecule has 0 amide bonds. The van der Waals surface area contributed by atoms with Crippen LogP contribution in [0.3, 0.4) is 0 Å². The van der Waals surface area contributed by atoms with Gasteiger partial charge >= 0.3 is 0 Å². The Kier molecular flexibility index (Phi) is 6.58. The number of hydrogen-bond donors (Lipinski definition) is 0. The molecule has 2 aromatic carbocycles. The number of hydrogen-bond acceptors (Lipinski definition) is 2. The number of allylic oxidation sites excluding steroid dienone is 1. The Morgan fingerprint density at radius 1 is 1.08 bits per heavy atom. The van der Waals surface area contributed by atoms with E-state index in [1.165, 1.54) is 5.56 Å². The van der Waals surface area contributed by atoms with Crippen LogP contribution in [0.1, 0.15) is 29.7 Å². The van der Waals surface area contributed by atoms with Crippen LogP contribution in [0.15, 0.2) is 57.5 Å². The fourth-order valence-electron chi connectivity index (χ4n) is 2.74. The van der Waals surface area contributed by atoms with Crippen LogP contribution in [-0.2, 0) is 6.42 Å². The number of rotatable bonds is 6. The van der Waals surface area contributed by atoms with Crippen LogP contribution in [0, 0.1) is 6.92 Å². The van der Waals surface area contributed by atoms with Gasteiger partial charge < -0.3 is 4.52 Å². The number of benzene rings is 2. The second kappa shape index (κ2) is 8.90. The molecule has 0 radical (unpaired) electrons. The smallest absolute Gasteiger partial charge is 0.170 e. The van der Waals surface area contributed by atoms with Crippen LogP contribution in [0.2, 0.25) is 10.0 Å². The Morgan fingerprint density at radius 3 is 2.58 bits per heavy atom. The second-order valence-electron chi connectivity index (χ2n) is 6.05. The molecule has 0 N–H and O–H groups in total. The highest BCUT2D eigenvalue weighted by atomic mass is 79.9. The summed E-state index contributed by atoms with van der Waals surface area (Å²) in [5.41, 5.74) is 4.23. The molecular weight excluding hydrogens is 433 g/mol. The first-order chi connectivity index (χ1) is 12.5. The zero-order valence-corrected chi connectivity index (χ0v) is 17.4. The van der Waals surface area contributed by atoms with Crippen molar-refractivity contribution in [3.8, 4) is 11.3 Å². The minimum Gasteiger partial charge on any atom is -0.356 e. The van der Waals surface area contributed by atoms with Gasteiger partial charge in [-0.25, -0.2) is 0 Å². The molecule has 134 valence electrons. The van der Waals surface area contributed by atoms with Crippen molar-refractivity contribution in [2.24, 2.45) is 0 Å². The maximum absolute atomic E-state index is 6.04. The molecule has 0 atom stereocenters. The van der Waals surface area contributed by atoms with Crippen LogP contribution in [-0.4, -0.2) is 5.16 Å². The highest BCUT2D eigenvalue weighted by molar-refractivity contribution is 9.10. The molecule has 0 unspecified atom stereocenters. The molecule has 0 spiro atoms. The summed E-state index contributed by atoms with van der Waals surface area (Å²) in [6, 6.07) is 13.7. The van der Waals surface area contributed by atoms with Crippen molar-refractivity contribution in [1.82, 2.24) is 5.16 Å². The van der Waals surface area contributed by atoms with E-state index in [4.69, 9.17) is 27.7 Å². The zero-order valence-electron chi connectivity index (χ0n) is 14.3. The van der Waals surface area contributed by atoms with E-state index in [1.54, 1.807) is 0 Å². The Labute approximate surface area is 171 Å². The summed E-state index contributed by atoms with van der Waals surface area (Å²) in [6.45, 7) is 1.99. The normalized spacial score (nSPS) is 11.4. The molecule has 2 nitrogen and oxygen atoms in total. The largest absolute Gasteiger partial charge is 0.356 e. The first kappa shape index (κ1) is 19.2. The van der Waals surface area contributed by atoms with Crippen molar-refractivity contribution >= 4 is 45.2 Å². The van der Waals surface area contributed by atoms with Crippen LogP contribution in [0.5, 0.6) is 0 Å². The summed E-state index contributed by atoms with van der Waals surface area (Å²) in [7, 11) is 0. The summed E-state index contributed by atoms with van der Waals surface area (Å²) in [4.78, 5) is 0. The highest BCUT2D eigenvalue weighted by Gasteiger charge is 2.14. The third-order valence-electron chi connectivity index (χ3n) is 4.14. The minimum atomic E-state index is 0.576. The van der Waals surface area contributed by atoms with Gasteiger partial charge in [-0.2, -0.15) is 0 Å². The molecule has 0 saturated carbocycles. The Morgan fingerprint density at radius 2 is 1.85 bits per heavy atom. The maximum Gasteiger partial charge on any atom is 0.170 e. The summed E-state index contributed by atoms with van der Waals surface area (Å²) in [5, 5.41) is 5.30. The lowest BCUT2D eigenvalue weighted by atomic mass is 10.0. The van der Waals surface area contributed by atoms with Crippen molar-refractivity contribution in [3.05, 3.63) is 79.9 Å². The predicted molar refractivity (Wildman–Crippen MR) is 113 cm³/mol. The number of aryl methyl sites for hydroxylation is 1. The van der Waals surface area contributed by atoms with E-state index >= 15 is 0 Å². The van der Waals surface area contributed by atoms with Gasteiger partial charge in [-0.1, -0.05) is 74.6 Å². The molecule has 0 aliphatic carbocycles. The fourth-order valence-corrected chi connectivity index (χ4v) is 3.31. The molecule has 5 heteroatoms. The van der Waals surface area contributed by atoms with Gasteiger partial charge in [-0.05, 0) is 56.0 Å². The maximum atomic E-state index is 6.04. The SMILES string of the molecule is Cc1noc(-c2ccc(Br)cc2)c1CCC/C=C/c1ccc(Cl)c(Cl)c1. The molecular formula is C21H18BrCl2NO. The quantitative estimate of drug-likeness (QED) is 0.358. The van der Waals surface area contributed by atoms with E-state index in [-0.39, 0.29) is 0 Å². The molecule has 0 saturated heterocycles. The molecule has 26 heavy (non-hydrogen) atoms. The molecule has 1 aromatic heterocycles. The average molecular weight is 451 g/mol. The Hall–Kier alpha value is -1.55. The van der Waals surface area contributed by atoms with Crippen LogP contribution in [0.4, 0.5) is 0 Å². The van der Waals surface area contributed by atoms with Gasteiger partial charge in [0.25, 0.3) is 0 Å². The topological polar surface area (TPSA) is 26.0 Å². The highest BCUT2D eigenvalue weighted by Crippen LogP contribution is 2.29. The van der Waals surface area contributed by atoms with Crippen LogP contribution >= 0.6 is 39.1 Å². The molecule has 0 fully saturated rings. The number of aromatic nitrogens is 1. The minimum absolute atomic E-state index is 0.576. The summed E-state index contributed by atoms with van der Waals surface area (Å²) in [6.07, 6.45) is 7.13. The monoisotopic (exact) mass is 449 g/mol. The lowest BCUT2D eigenvalue weighted by Gasteiger charge is -2.02. The van der Waals surface area contributed by atoms with Crippen LogP contribution in [0.25, 0.3) is 17.4 Å². The summed E-state index contributed by atoms with van der Waals surface area (Å²) in [5.74, 6) is 0.864. The fraction of sp³-hybridized carbons (Fsp3) is 0.190. The molecule has 1 heterocycles. The summed E-state index contributed by atoms with van der Waals surface area (Å²) < 4.78 is 6.61. The van der Waals surface area contributed by atoms with Gasteiger partial charge in [0.1, 0.15) is 0 Å². The molecule has 3 aromatic rings. The van der Waals surface area contributed by atoms with Gasteiger partial charge in [0, 0.05) is 15.6 Å². The number of halogens is 3. The Balaban J connectivity index is 1.61. The number of unbranched alkanes of at least 4 members (excludes halogenated alkanes) is 1. The zero-order chi connectivity index (χ0) is 18.5. The molecule has 0 aliphatic heterocycles. The van der Waals surface area contributed by atoms with Crippen molar-refractivity contribution in [1.29, 1.82) is 0 Å². The first-order valence-corrected chi connectivity index (χ1v) is 9.92. The van der Waals surface area contributed by atoms with E-state index in [0.717, 1.165) is 46.3 Å². The van der Waals surface area contributed by atoms with Gasteiger partial charge in [0.2, 0.25) is 0 Å². The van der Waals surface area contributed by atoms with E-state index in [0.29, 0.717) is 10.0 Å². The predicted octanol–water partition coefficient (Wildman–Crippen LogP) is 7.76. The van der Waals surface area contributed by atoms with Gasteiger partial charge in [-0.15, -0.1) is 0 Å². The summed E-state index contributed by atoms with van der Waals surface area (Å²) >= 11 is 15.4. The third kappa shape index (κ3) is 4.79. The van der Waals surface area contributed by atoms with Gasteiger partial charge in [0.05, 0.1) is 15.7 Å². The van der Waals surface area contributed by atoms with Crippen molar-refractivity contribution in [2.75, 3.05) is 0 Å². The van der Waals surface area contributed by atoms with E-state index < -0.39 is 0 Å². The van der Waals surface area contributed by atoms with E-state index in [1.807, 2.05) is 49.4 Å². The lowest BCUT2D eigenvalue weighted by molar-refractivity contribution is 0.426. The average Bonchev–Trinajstić information content (AvgIpc) is 2.99. The van der Waals surface area contributed by atoms with Gasteiger partial charge in [-0.3, -0.25) is 0 Å². The third-order valence-corrected chi connectivity index (χ3v) is 5.41. The molecule has 3 rings (SSSR count). The Bertz CT molecular complexity index is 916. The van der Waals surface area contributed by atoms with Crippen molar-refractivity contribution in [3.63, 3.8) is 0 Å². The lowest BCUT2D eigenvalue weighted by Crippen LogP contribution is -1.89. The second-order valence-corrected chi connectivity index (χ2v) is 7.78. The molecule has 0 aliphatic rings. The van der Waals surface area contributed by atoms with Crippen molar-refractivity contribution in [2.45, 2.75) is 26.2 Å². The first-order valence-electron chi connectivity index (χ1n) is 8.37. The van der Waals surface area contributed by atoms with Gasteiger partial charge in [0.15, 0.2) is 5.76 Å². The van der Waals surface area contributed by atoms with E-state index in [9.17, 15) is 0 Å². The molecule has 0 bridgehead atoms. The number of nitrogens with zero attached hydrogens (tertiary/aromatic N) is 1.